The Morgan fingerprint density at radius 3 is 2.84 bits per heavy atom. The molecule has 2 aromatic heterocycles. The van der Waals surface area contributed by atoms with Gasteiger partial charge in [0.05, 0.1) is 24.8 Å². The fraction of sp³-hybridized carbons (Fsp3) is 0.458. The van der Waals surface area contributed by atoms with E-state index in [4.69, 9.17) is 4.74 Å². The third-order valence-electron chi connectivity index (χ3n) is 7.10. The van der Waals surface area contributed by atoms with Gasteiger partial charge in [0.2, 0.25) is 0 Å². The standard InChI is InChI=1S/C24H27N3O4/c1-31-24(30)21-18(14-28)20-13-27-19(10-9-17(23(27)29)15-6-2-3-7-15)22(21)26(20)12-16-8-4-5-11-25-16/h4-6,8-11,18,20-22,28H,2-3,7,12-14H2,1H3/t18-,20-,21+,22+/m1/s1. The molecule has 0 unspecified atom stereocenters. The molecule has 4 heterocycles. The van der Waals surface area contributed by atoms with E-state index in [1.165, 1.54) is 7.11 Å². The summed E-state index contributed by atoms with van der Waals surface area (Å²) in [6.45, 7) is 0.846. The maximum Gasteiger partial charge on any atom is 0.311 e. The number of methoxy groups -OCH3 is 1. The summed E-state index contributed by atoms with van der Waals surface area (Å²) < 4.78 is 6.96. The topological polar surface area (TPSA) is 84.7 Å². The molecule has 0 amide bonds. The first-order chi connectivity index (χ1) is 15.1. The lowest BCUT2D eigenvalue weighted by Crippen LogP contribution is -2.46. The number of esters is 1. The van der Waals surface area contributed by atoms with Crippen LogP contribution in [0, 0.1) is 11.8 Å². The average Bonchev–Trinajstić information content (AvgIpc) is 3.39. The zero-order chi connectivity index (χ0) is 21.5. The maximum absolute atomic E-state index is 13.4. The number of carbonyl (C=O) groups is 1. The molecule has 162 valence electrons. The van der Waals surface area contributed by atoms with E-state index in [2.05, 4.69) is 16.0 Å². The van der Waals surface area contributed by atoms with Gasteiger partial charge in [0.25, 0.3) is 5.56 Å². The molecule has 31 heavy (non-hydrogen) atoms. The third-order valence-corrected chi connectivity index (χ3v) is 7.10. The summed E-state index contributed by atoms with van der Waals surface area (Å²) in [6, 6.07) is 9.16. The van der Waals surface area contributed by atoms with Crippen molar-refractivity contribution in [1.29, 1.82) is 0 Å². The lowest BCUT2D eigenvalue weighted by Gasteiger charge is -2.38. The Balaban J connectivity index is 1.62. The van der Waals surface area contributed by atoms with E-state index >= 15 is 0 Å². The second-order valence-corrected chi connectivity index (χ2v) is 8.61. The van der Waals surface area contributed by atoms with Crippen LogP contribution in [0.25, 0.3) is 5.57 Å². The Kier molecular flexibility index (Phi) is 5.24. The van der Waals surface area contributed by atoms with Crippen LogP contribution in [-0.2, 0) is 22.6 Å². The van der Waals surface area contributed by atoms with Crippen molar-refractivity contribution in [1.82, 2.24) is 14.5 Å². The van der Waals surface area contributed by atoms with E-state index < -0.39 is 5.92 Å². The summed E-state index contributed by atoms with van der Waals surface area (Å²) in [5.41, 5.74) is 3.58. The van der Waals surface area contributed by atoms with Crippen LogP contribution in [0.4, 0.5) is 0 Å². The average molecular weight is 421 g/mol. The summed E-state index contributed by atoms with van der Waals surface area (Å²) in [5, 5.41) is 10.2. The Hall–Kier alpha value is -2.77. The number of ether oxygens (including phenoxy) is 1. The van der Waals surface area contributed by atoms with Gasteiger partial charge in [0.15, 0.2) is 0 Å². The number of fused-ring (bicyclic) bond motifs is 4. The number of carbonyl (C=O) groups excluding carboxylic acids is 1. The zero-order valence-electron chi connectivity index (χ0n) is 17.6. The van der Waals surface area contributed by atoms with Crippen LogP contribution in [0.3, 0.4) is 0 Å². The van der Waals surface area contributed by atoms with Gasteiger partial charge in [-0.15, -0.1) is 0 Å². The van der Waals surface area contributed by atoms with E-state index in [9.17, 15) is 14.7 Å². The van der Waals surface area contributed by atoms with Gasteiger partial charge in [-0.1, -0.05) is 12.1 Å². The fourth-order valence-electron chi connectivity index (χ4n) is 5.68. The summed E-state index contributed by atoms with van der Waals surface area (Å²) in [6.07, 6.45) is 6.93. The quantitative estimate of drug-likeness (QED) is 0.745. The predicted molar refractivity (Wildman–Crippen MR) is 115 cm³/mol. The number of allylic oxidation sites excluding steroid dienone is 2. The molecule has 7 heteroatoms. The fourth-order valence-corrected chi connectivity index (χ4v) is 5.68. The molecule has 0 aromatic carbocycles. The lowest BCUT2D eigenvalue weighted by molar-refractivity contribution is -0.148. The van der Waals surface area contributed by atoms with Crippen molar-refractivity contribution in [3.63, 3.8) is 0 Å². The second-order valence-electron chi connectivity index (χ2n) is 8.61. The molecule has 4 atom stereocenters. The number of aliphatic hydroxyl groups excluding tert-OH is 1. The predicted octanol–water partition coefficient (Wildman–Crippen LogP) is 2.15. The SMILES string of the molecule is COC(=O)[C@H]1[C@H](CO)[C@H]2Cn3c(ccc(C4=CCCC4)c3=O)[C@@H]1N2Cc1ccccn1. The normalized spacial score (nSPS) is 27.1. The first kappa shape index (κ1) is 20.2. The monoisotopic (exact) mass is 421 g/mol. The molecule has 0 saturated carbocycles. The molecule has 2 aromatic rings. The van der Waals surface area contributed by atoms with Gasteiger partial charge in [-0.3, -0.25) is 19.5 Å². The molecule has 1 saturated heterocycles. The summed E-state index contributed by atoms with van der Waals surface area (Å²) >= 11 is 0. The molecule has 1 N–H and O–H groups in total. The van der Waals surface area contributed by atoms with Gasteiger partial charge in [-0.2, -0.15) is 0 Å². The minimum Gasteiger partial charge on any atom is -0.469 e. The van der Waals surface area contributed by atoms with Crippen molar-refractivity contribution in [2.75, 3.05) is 13.7 Å². The summed E-state index contributed by atoms with van der Waals surface area (Å²) in [5.74, 6) is -1.19. The molecule has 1 fully saturated rings. The van der Waals surface area contributed by atoms with Gasteiger partial charge >= 0.3 is 5.97 Å². The largest absolute Gasteiger partial charge is 0.469 e. The lowest BCUT2D eigenvalue weighted by atomic mass is 9.87. The highest BCUT2D eigenvalue weighted by molar-refractivity contribution is 5.75. The number of hydrogen-bond donors (Lipinski definition) is 1. The van der Waals surface area contributed by atoms with E-state index in [1.54, 1.807) is 6.20 Å². The van der Waals surface area contributed by atoms with E-state index in [-0.39, 0.29) is 36.1 Å². The van der Waals surface area contributed by atoms with Gasteiger partial charge in [0.1, 0.15) is 0 Å². The van der Waals surface area contributed by atoms with Crippen LogP contribution in [0.1, 0.15) is 42.3 Å². The van der Waals surface area contributed by atoms with Crippen molar-refractivity contribution in [3.8, 4) is 0 Å². The number of rotatable bonds is 5. The number of aromatic nitrogens is 2. The van der Waals surface area contributed by atoms with Crippen LogP contribution in [0.5, 0.6) is 0 Å². The van der Waals surface area contributed by atoms with Gasteiger partial charge in [-0.25, -0.2) is 0 Å². The van der Waals surface area contributed by atoms with Gasteiger partial charge in [-0.05, 0) is 49.1 Å². The molecule has 0 spiro atoms. The maximum atomic E-state index is 13.4. The van der Waals surface area contributed by atoms with Crippen LogP contribution in [0.2, 0.25) is 0 Å². The number of nitrogens with zero attached hydrogens (tertiary/aromatic N) is 3. The molecule has 2 bridgehead atoms. The van der Waals surface area contributed by atoms with Crippen LogP contribution < -0.4 is 5.56 Å². The Bertz CT molecular complexity index is 1080. The highest BCUT2D eigenvalue weighted by Crippen LogP contribution is 2.49. The summed E-state index contributed by atoms with van der Waals surface area (Å²) in [7, 11) is 1.38. The molecule has 3 aliphatic rings. The molecule has 1 aliphatic carbocycles. The van der Waals surface area contributed by atoms with E-state index in [0.29, 0.717) is 13.1 Å². The number of hydrogen-bond acceptors (Lipinski definition) is 6. The molecule has 2 aliphatic heterocycles. The van der Waals surface area contributed by atoms with Gasteiger partial charge in [0, 0.05) is 49.1 Å². The molecule has 0 radical (unpaired) electrons. The molecular formula is C24H27N3O4. The Labute approximate surface area is 181 Å². The van der Waals surface area contributed by atoms with Crippen molar-refractivity contribution < 1.29 is 14.6 Å². The van der Waals surface area contributed by atoms with Gasteiger partial charge < -0.3 is 14.4 Å². The van der Waals surface area contributed by atoms with E-state index in [1.807, 2.05) is 34.9 Å². The smallest absolute Gasteiger partial charge is 0.311 e. The highest BCUT2D eigenvalue weighted by Gasteiger charge is 2.56. The van der Waals surface area contributed by atoms with Crippen LogP contribution in [0.15, 0.2) is 47.4 Å². The molecular weight excluding hydrogens is 394 g/mol. The van der Waals surface area contributed by atoms with Crippen molar-refractivity contribution >= 4 is 11.5 Å². The van der Waals surface area contributed by atoms with Crippen molar-refractivity contribution in [2.45, 2.75) is 44.4 Å². The van der Waals surface area contributed by atoms with Crippen molar-refractivity contribution in [2.24, 2.45) is 11.8 Å². The van der Waals surface area contributed by atoms with Crippen LogP contribution >= 0.6 is 0 Å². The Morgan fingerprint density at radius 1 is 1.29 bits per heavy atom. The van der Waals surface area contributed by atoms with E-state index in [0.717, 1.165) is 41.8 Å². The third kappa shape index (κ3) is 3.23. The number of aliphatic hydroxyl groups is 1. The first-order valence-corrected chi connectivity index (χ1v) is 10.9. The zero-order valence-corrected chi connectivity index (χ0v) is 17.6. The van der Waals surface area contributed by atoms with Crippen LogP contribution in [-0.4, -0.2) is 45.3 Å². The number of pyridine rings is 2. The minimum absolute atomic E-state index is 0.000316. The molecule has 7 nitrogen and oxygen atoms in total. The minimum atomic E-state index is -0.534. The van der Waals surface area contributed by atoms with Crippen molar-refractivity contribution in [3.05, 3.63) is 69.9 Å². The first-order valence-electron chi connectivity index (χ1n) is 10.9. The Morgan fingerprint density at radius 2 is 2.16 bits per heavy atom. The second kappa shape index (κ2) is 8.05. The summed E-state index contributed by atoms with van der Waals surface area (Å²) in [4.78, 5) is 32.9. The molecule has 5 rings (SSSR count). The highest BCUT2D eigenvalue weighted by atomic mass is 16.5.